The molecule has 1 heterocycles. The molecular formula is C15H28N2O3. The Labute approximate surface area is 121 Å². The molecule has 0 aromatic carbocycles. The molecular weight excluding hydrogens is 256 g/mol. The van der Waals surface area contributed by atoms with E-state index in [1.807, 2.05) is 18.7 Å². The summed E-state index contributed by atoms with van der Waals surface area (Å²) in [4.78, 5) is 25.5. The molecule has 0 aromatic rings. The van der Waals surface area contributed by atoms with Gasteiger partial charge < -0.3 is 10.0 Å². The molecule has 5 heteroatoms. The van der Waals surface area contributed by atoms with Crippen LogP contribution in [-0.2, 0) is 9.59 Å². The Morgan fingerprint density at radius 2 is 1.70 bits per heavy atom. The lowest BCUT2D eigenvalue weighted by Crippen LogP contribution is -2.55. The van der Waals surface area contributed by atoms with Gasteiger partial charge in [-0.05, 0) is 31.1 Å². The van der Waals surface area contributed by atoms with E-state index in [2.05, 4.69) is 19.2 Å². The summed E-state index contributed by atoms with van der Waals surface area (Å²) < 4.78 is 0. The molecule has 1 saturated heterocycles. The summed E-state index contributed by atoms with van der Waals surface area (Å²) in [7, 11) is 0. The monoisotopic (exact) mass is 284 g/mol. The van der Waals surface area contributed by atoms with Crippen LogP contribution in [0.2, 0.25) is 0 Å². The minimum absolute atomic E-state index is 0.0101. The fraction of sp³-hybridized carbons (Fsp3) is 0.867. The van der Waals surface area contributed by atoms with E-state index in [9.17, 15) is 14.7 Å². The molecule has 1 fully saturated rings. The van der Waals surface area contributed by atoms with Crippen molar-refractivity contribution in [3.63, 3.8) is 0 Å². The van der Waals surface area contributed by atoms with E-state index in [4.69, 9.17) is 0 Å². The number of hydrogen-bond acceptors (Lipinski definition) is 3. The Hall–Kier alpha value is -1.10. The molecule has 1 aliphatic rings. The van der Waals surface area contributed by atoms with Crippen molar-refractivity contribution in [1.82, 2.24) is 10.2 Å². The third kappa shape index (κ3) is 3.95. The lowest BCUT2D eigenvalue weighted by atomic mass is 9.91. The molecule has 0 aliphatic carbocycles. The van der Waals surface area contributed by atoms with Crippen LogP contribution in [0.1, 0.15) is 47.0 Å². The van der Waals surface area contributed by atoms with Gasteiger partial charge in [-0.3, -0.25) is 14.9 Å². The molecule has 1 amide bonds. The molecule has 20 heavy (non-hydrogen) atoms. The molecule has 0 bridgehead atoms. The first-order valence-corrected chi connectivity index (χ1v) is 7.60. The average molecular weight is 284 g/mol. The summed E-state index contributed by atoms with van der Waals surface area (Å²) in [6.07, 6.45) is 2.10. The minimum atomic E-state index is -0.983. The van der Waals surface area contributed by atoms with Crippen LogP contribution in [0.5, 0.6) is 0 Å². The summed E-state index contributed by atoms with van der Waals surface area (Å²) in [5.74, 6) is 0.167. The predicted octanol–water partition coefficient (Wildman–Crippen LogP) is 1.72. The van der Waals surface area contributed by atoms with Crippen LogP contribution in [0.4, 0.5) is 0 Å². The molecule has 2 unspecified atom stereocenters. The molecule has 2 N–H and O–H groups in total. The average Bonchev–Trinajstić information content (AvgIpc) is 2.38. The normalized spacial score (nSPS) is 23.7. The van der Waals surface area contributed by atoms with E-state index in [-0.39, 0.29) is 12.5 Å². The third-order valence-electron chi connectivity index (χ3n) is 4.42. The quantitative estimate of drug-likeness (QED) is 0.779. The van der Waals surface area contributed by atoms with Gasteiger partial charge in [-0.2, -0.15) is 0 Å². The lowest BCUT2D eigenvalue weighted by molar-refractivity contribution is -0.145. The number of carbonyl (C=O) groups is 2. The fourth-order valence-electron chi connectivity index (χ4n) is 3.10. The van der Waals surface area contributed by atoms with Gasteiger partial charge >= 0.3 is 5.97 Å². The van der Waals surface area contributed by atoms with Gasteiger partial charge in [-0.1, -0.05) is 27.7 Å². The van der Waals surface area contributed by atoms with Crippen LogP contribution in [0, 0.1) is 11.8 Å². The van der Waals surface area contributed by atoms with Gasteiger partial charge in [-0.15, -0.1) is 0 Å². The highest BCUT2D eigenvalue weighted by molar-refractivity contribution is 5.82. The first-order valence-electron chi connectivity index (χ1n) is 7.60. The van der Waals surface area contributed by atoms with Crippen LogP contribution in [-0.4, -0.2) is 47.1 Å². The summed E-state index contributed by atoms with van der Waals surface area (Å²) >= 11 is 0. The highest BCUT2D eigenvalue weighted by Gasteiger charge is 2.35. The number of nitrogens with one attached hydrogen (secondary N) is 1. The Bertz CT molecular complexity index is 343. The van der Waals surface area contributed by atoms with Gasteiger partial charge in [0.15, 0.2) is 0 Å². The van der Waals surface area contributed by atoms with E-state index >= 15 is 0 Å². The van der Waals surface area contributed by atoms with Crippen LogP contribution >= 0.6 is 0 Å². The van der Waals surface area contributed by atoms with Gasteiger partial charge in [0.1, 0.15) is 5.54 Å². The van der Waals surface area contributed by atoms with Crippen molar-refractivity contribution in [1.29, 1.82) is 0 Å². The van der Waals surface area contributed by atoms with Crippen LogP contribution in [0.25, 0.3) is 0 Å². The summed E-state index contributed by atoms with van der Waals surface area (Å²) in [5, 5.41) is 12.3. The van der Waals surface area contributed by atoms with Crippen molar-refractivity contribution in [2.75, 3.05) is 19.6 Å². The van der Waals surface area contributed by atoms with Gasteiger partial charge in [0.2, 0.25) is 5.91 Å². The summed E-state index contributed by atoms with van der Waals surface area (Å²) in [6, 6.07) is 0. The topological polar surface area (TPSA) is 69.6 Å². The number of carboxylic acids is 1. The number of rotatable bonds is 6. The maximum Gasteiger partial charge on any atom is 0.323 e. The second-order valence-corrected chi connectivity index (χ2v) is 6.19. The highest BCUT2D eigenvalue weighted by atomic mass is 16.4. The molecule has 0 spiro atoms. The summed E-state index contributed by atoms with van der Waals surface area (Å²) in [5.41, 5.74) is -0.983. The van der Waals surface area contributed by atoms with E-state index in [1.165, 1.54) is 0 Å². The zero-order valence-corrected chi connectivity index (χ0v) is 13.1. The van der Waals surface area contributed by atoms with Crippen molar-refractivity contribution >= 4 is 11.9 Å². The Morgan fingerprint density at radius 1 is 1.20 bits per heavy atom. The third-order valence-corrected chi connectivity index (χ3v) is 4.42. The van der Waals surface area contributed by atoms with E-state index < -0.39 is 11.5 Å². The van der Waals surface area contributed by atoms with Crippen molar-refractivity contribution in [2.45, 2.75) is 52.5 Å². The molecule has 0 radical (unpaired) electrons. The number of aliphatic carboxylic acids is 1. The maximum absolute atomic E-state index is 12.3. The standard InChI is InChI=1S/C15H28N2O3/c1-5-15(6-2,14(19)20)16-8-13(18)17-9-11(3)7-12(4)10-17/h11-12,16H,5-10H2,1-4H3,(H,19,20). The van der Waals surface area contributed by atoms with Gasteiger partial charge in [-0.25, -0.2) is 0 Å². The second kappa shape index (κ2) is 7.07. The number of piperidine rings is 1. The Balaban J connectivity index is 2.59. The SMILES string of the molecule is CCC(CC)(NCC(=O)N1CC(C)CC(C)C1)C(=O)O. The number of carbonyl (C=O) groups excluding carboxylic acids is 1. The van der Waals surface area contributed by atoms with E-state index in [0.717, 1.165) is 19.5 Å². The Morgan fingerprint density at radius 3 is 2.10 bits per heavy atom. The first kappa shape index (κ1) is 17.0. The van der Waals surface area contributed by atoms with E-state index in [0.29, 0.717) is 24.7 Å². The molecule has 1 aliphatic heterocycles. The molecule has 2 atom stereocenters. The minimum Gasteiger partial charge on any atom is -0.480 e. The number of amides is 1. The van der Waals surface area contributed by atoms with E-state index in [1.54, 1.807) is 0 Å². The highest BCUT2D eigenvalue weighted by Crippen LogP contribution is 2.21. The summed E-state index contributed by atoms with van der Waals surface area (Å²) in [6.45, 7) is 9.64. The number of carboxylic acid groups (broad SMARTS) is 1. The maximum atomic E-state index is 12.3. The van der Waals surface area contributed by atoms with Crippen LogP contribution in [0.15, 0.2) is 0 Å². The van der Waals surface area contributed by atoms with Crippen molar-refractivity contribution in [3.8, 4) is 0 Å². The molecule has 1 rings (SSSR count). The molecule has 5 nitrogen and oxygen atoms in total. The zero-order valence-electron chi connectivity index (χ0n) is 13.1. The van der Waals surface area contributed by atoms with Crippen LogP contribution in [0.3, 0.4) is 0 Å². The van der Waals surface area contributed by atoms with Crippen molar-refractivity contribution in [3.05, 3.63) is 0 Å². The first-order chi connectivity index (χ1) is 9.34. The number of likely N-dealkylation sites (tertiary alicyclic amines) is 1. The molecule has 0 aromatic heterocycles. The molecule has 0 saturated carbocycles. The fourth-order valence-corrected chi connectivity index (χ4v) is 3.10. The number of hydrogen-bond donors (Lipinski definition) is 2. The molecule has 116 valence electrons. The Kier molecular flexibility index (Phi) is 5.99. The van der Waals surface area contributed by atoms with Gasteiger partial charge in [0, 0.05) is 13.1 Å². The van der Waals surface area contributed by atoms with Gasteiger partial charge in [0.05, 0.1) is 6.54 Å². The largest absolute Gasteiger partial charge is 0.480 e. The predicted molar refractivity (Wildman–Crippen MR) is 78.5 cm³/mol. The zero-order chi connectivity index (χ0) is 15.3. The lowest BCUT2D eigenvalue weighted by Gasteiger charge is -2.36. The van der Waals surface area contributed by atoms with Gasteiger partial charge in [0.25, 0.3) is 0 Å². The van der Waals surface area contributed by atoms with Crippen LogP contribution < -0.4 is 5.32 Å². The second-order valence-electron chi connectivity index (χ2n) is 6.19. The number of nitrogens with zero attached hydrogens (tertiary/aromatic N) is 1. The van der Waals surface area contributed by atoms with Crippen molar-refractivity contribution < 1.29 is 14.7 Å². The smallest absolute Gasteiger partial charge is 0.323 e. The van der Waals surface area contributed by atoms with Crippen molar-refractivity contribution in [2.24, 2.45) is 11.8 Å².